The molecule has 6 nitrogen and oxygen atoms in total. The van der Waals surface area contributed by atoms with Crippen LogP contribution in [0.3, 0.4) is 0 Å². The average Bonchev–Trinajstić information content (AvgIpc) is 2.99. The molecule has 0 radical (unpaired) electrons. The molecule has 0 fully saturated rings. The Bertz CT molecular complexity index is 709. The summed E-state index contributed by atoms with van der Waals surface area (Å²) in [5.41, 5.74) is 1.81. The predicted octanol–water partition coefficient (Wildman–Crippen LogP) is 2.15. The number of aryl methyl sites for hydroxylation is 1. The van der Waals surface area contributed by atoms with E-state index in [2.05, 4.69) is 10.5 Å². The van der Waals surface area contributed by atoms with E-state index >= 15 is 0 Å². The number of carboxylic acid groups (broad SMARTS) is 1. The van der Waals surface area contributed by atoms with Crippen LogP contribution in [0.5, 0.6) is 0 Å². The number of carbonyl (C=O) groups excluding carboxylic acids is 1. The molecule has 2 N–H and O–H groups in total. The van der Waals surface area contributed by atoms with Gasteiger partial charge in [0.05, 0.1) is 5.92 Å². The van der Waals surface area contributed by atoms with Crippen LogP contribution >= 0.6 is 0 Å². The molecule has 120 valence electrons. The van der Waals surface area contributed by atoms with Crippen LogP contribution in [0.4, 0.5) is 0 Å². The summed E-state index contributed by atoms with van der Waals surface area (Å²) < 4.78 is 5.22. The second kappa shape index (κ2) is 6.64. The van der Waals surface area contributed by atoms with Gasteiger partial charge in [0.25, 0.3) is 5.91 Å². The van der Waals surface area contributed by atoms with Crippen molar-refractivity contribution in [2.45, 2.75) is 31.6 Å². The molecule has 1 aromatic carbocycles. The highest BCUT2D eigenvalue weighted by Crippen LogP contribution is 2.24. The van der Waals surface area contributed by atoms with E-state index < -0.39 is 11.9 Å². The molecule has 3 rings (SSSR count). The normalized spacial score (nSPS) is 14.8. The number of amides is 1. The molecule has 0 bridgehead atoms. The summed E-state index contributed by atoms with van der Waals surface area (Å²) in [6.45, 7) is 0.0137. The van der Waals surface area contributed by atoms with Crippen molar-refractivity contribution in [1.29, 1.82) is 0 Å². The highest BCUT2D eigenvalue weighted by molar-refractivity contribution is 5.94. The number of nitrogens with one attached hydrogen (secondary N) is 1. The number of carboxylic acids is 1. The zero-order valence-electron chi connectivity index (χ0n) is 12.6. The second-order valence-electron chi connectivity index (χ2n) is 5.65. The lowest BCUT2D eigenvalue weighted by Gasteiger charge is -2.14. The molecule has 6 heteroatoms. The Morgan fingerprint density at radius 3 is 2.70 bits per heavy atom. The lowest BCUT2D eigenvalue weighted by atomic mass is 9.96. The molecule has 0 saturated carbocycles. The Kier molecular flexibility index (Phi) is 4.41. The third-order valence-electron chi connectivity index (χ3n) is 4.13. The van der Waals surface area contributed by atoms with Gasteiger partial charge in [-0.15, -0.1) is 0 Å². The fourth-order valence-electron chi connectivity index (χ4n) is 2.87. The Morgan fingerprint density at radius 2 is 1.96 bits per heavy atom. The van der Waals surface area contributed by atoms with Crippen molar-refractivity contribution in [3.05, 3.63) is 52.9 Å². The summed E-state index contributed by atoms with van der Waals surface area (Å²) in [5.74, 6) is -1.36. The van der Waals surface area contributed by atoms with E-state index in [1.165, 1.54) is 0 Å². The maximum Gasteiger partial charge on any atom is 0.312 e. The first-order valence-electron chi connectivity index (χ1n) is 7.70. The van der Waals surface area contributed by atoms with E-state index in [0.717, 1.165) is 37.0 Å². The second-order valence-corrected chi connectivity index (χ2v) is 5.65. The van der Waals surface area contributed by atoms with Crippen LogP contribution in [0, 0.1) is 0 Å². The average molecular weight is 314 g/mol. The van der Waals surface area contributed by atoms with Crippen molar-refractivity contribution < 1.29 is 19.2 Å². The monoisotopic (exact) mass is 314 g/mol. The summed E-state index contributed by atoms with van der Waals surface area (Å²) in [6, 6.07) is 8.86. The molecule has 0 saturated heterocycles. The lowest BCUT2D eigenvalue weighted by Crippen LogP contribution is -2.32. The van der Waals surface area contributed by atoms with E-state index in [9.17, 15) is 14.7 Å². The highest BCUT2D eigenvalue weighted by atomic mass is 16.5. The van der Waals surface area contributed by atoms with Gasteiger partial charge in [0.1, 0.15) is 5.76 Å². The van der Waals surface area contributed by atoms with E-state index in [4.69, 9.17) is 4.52 Å². The van der Waals surface area contributed by atoms with Gasteiger partial charge >= 0.3 is 5.97 Å². The summed E-state index contributed by atoms with van der Waals surface area (Å²) in [5, 5.41) is 15.9. The third-order valence-corrected chi connectivity index (χ3v) is 4.13. The quantitative estimate of drug-likeness (QED) is 0.882. The molecule has 1 amide bonds. The third kappa shape index (κ3) is 3.26. The number of aromatic nitrogens is 1. The predicted molar refractivity (Wildman–Crippen MR) is 82.3 cm³/mol. The largest absolute Gasteiger partial charge is 0.481 e. The van der Waals surface area contributed by atoms with Gasteiger partial charge in [-0.05, 0) is 24.8 Å². The summed E-state index contributed by atoms with van der Waals surface area (Å²) in [4.78, 5) is 23.8. The van der Waals surface area contributed by atoms with Crippen molar-refractivity contribution >= 4 is 11.9 Å². The number of rotatable bonds is 5. The van der Waals surface area contributed by atoms with Gasteiger partial charge in [-0.1, -0.05) is 35.5 Å². The number of benzene rings is 1. The summed E-state index contributed by atoms with van der Waals surface area (Å²) in [7, 11) is 0. The number of nitrogens with zero attached hydrogens (tertiary/aromatic N) is 1. The van der Waals surface area contributed by atoms with Crippen LogP contribution in [0.15, 0.2) is 34.9 Å². The topological polar surface area (TPSA) is 92.4 Å². The van der Waals surface area contributed by atoms with Gasteiger partial charge in [-0.2, -0.15) is 0 Å². The number of hydrogen-bond donors (Lipinski definition) is 2. The Labute approximate surface area is 133 Å². The fraction of sp³-hybridized carbons (Fsp3) is 0.353. The summed E-state index contributed by atoms with van der Waals surface area (Å²) >= 11 is 0. The molecule has 1 aliphatic rings. The molecule has 0 spiro atoms. The molecular weight excluding hydrogens is 296 g/mol. The van der Waals surface area contributed by atoms with Crippen LogP contribution in [-0.2, 0) is 17.6 Å². The SMILES string of the molecule is O=C(NCC(C(=O)O)c1ccccc1)c1noc2c1CCCC2. The van der Waals surface area contributed by atoms with Gasteiger partial charge in [0, 0.05) is 18.5 Å². The van der Waals surface area contributed by atoms with Crippen molar-refractivity contribution in [3.63, 3.8) is 0 Å². The molecule has 23 heavy (non-hydrogen) atoms. The van der Waals surface area contributed by atoms with Crippen molar-refractivity contribution in [1.82, 2.24) is 10.5 Å². The van der Waals surface area contributed by atoms with Gasteiger partial charge in [0.15, 0.2) is 5.69 Å². The van der Waals surface area contributed by atoms with Crippen LogP contribution in [0.2, 0.25) is 0 Å². The molecule has 1 aliphatic carbocycles. The minimum absolute atomic E-state index is 0.0137. The minimum atomic E-state index is -0.973. The van der Waals surface area contributed by atoms with Gasteiger partial charge in [-0.3, -0.25) is 9.59 Å². The molecule has 0 aliphatic heterocycles. The number of carbonyl (C=O) groups is 2. The van der Waals surface area contributed by atoms with Gasteiger partial charge in [-0.25, -0.2) is 0 Å². The smallest absolute Gasteiger partial charge is 0.312 e. The van der Waals surface area contributed by atoms with Gasteiger partial charge < -0.3 is 14.9 Å². The molecule has 2 aromatic rings. The fourth-order valence-corrected chi connectivity index (χ4v) is 2.87. The summed E-state index contributed by atoms with van der Waals surface area (Å²) in [6.07, 6.45) is 3.63. The van der Waals surface area contributed by atoms with E-state index in [1.54, 1.807) is 24.3 Å². The van der Waals surface area contributed by atoms with Crippen LogP contribution in [0.1, 0.15) is 46.1 Å². The van der Waals surface area contributed by atoms with Crippen LogP contribution < -0.4 is 5.32 Å². The molecule has 1 atom stereocenters. The van der Waals surface area contributed by atoms with Gasteiger partial charge in [0.2, 0.25) is 0 Å². The molecule has 1 aromatic heterocycles. The zero-order valence-corrected chi connectivity index (χ0v) is 12.6. The first-order chi connectivity index (χ1) is 11.2. The zero-order chi connectivity index (χ0) is 16.2. The molecule has 1 heterocycles. The highest BCUT2D eigenvalue weighted by Gasteiger charge is 2.26. The Morgan fingerprint density at radius 1 is 1.22 bits per heavy atom. The van der Waals surface area contributed by atoms with Crippen LogP contribution in [0.25, 0.3) is 0 Å². The molecule has 1 unspecified atom stereocenters. The molecular formula is C17H18N2O4. The van der Waals surface area contributed by atoms with Crippen LogP contribution in [-0.4, -0.2) is 28.7 Å². The van der Waals surface area contributed by atoms with Crippen molar-refractivity contribution in [2.24, 2.45) is 0 Å². The van der Waals surface area contributed by atoms with E-state index in [-0.39, 0.29) is 18.1 Å². The van der Waals surface area contributed by atoms with E-state index in [1.807, 2.05) is 6.07 Å². The minimum Gasteiger partial charge on any atom is -0.481 e. The van der Waals surface area contributed by atoms with E-state index in [0.29, 0.717) is 5.56 Å². The Balaban J connectivity index is 1.70. The maximum atomic E-state index is 12.3. The Hall–Kier alpha value is -2.63. The number of hydrogen-bond acceptors (Lipinski definition) is 4. The van der Waals surface area contributed by atoms with Crippen molar-refractivity contribution in [3.8, 4) is 0 Å². The number of aliphatic carboxylic acids is 1. The maximum absolute atomic E-state index is 12.3. The first-order valence-corrected chi connectivity index (χ1v) is 7.70. The lowest BCUT2D eigenvalue weighted by molar-refractivity contribution is -0.138. The first kappa shape index (κ1) is 15.3. The number of fused-ring (bicyclic) bond motifs is 1. The standard InChI is InChI=1S/C17H18N2O4/c20-16(15-12-8-4-5-9-14(12)23-19-15)18-10-13(17(21)22)11-6-2-1-3-7-11/h1-3,6-7,13H,4-5,8-10H2,(H,18,20)(H,21,22). The van der Waals surface area contributed by atoms with Crippen molar-refractivity contribution in [2.75, 3.05) is 6.54 Å².